The predicted octanol–water partition coefficient (Wildman–Crippen LogP) is 5.98. The molecule has 8 nitrogen and oxygen atoms in total. The molecule has 1 aromatic carbocycles. The summed E-state index contributed by atoms with van der Waals surface area (Å²) in [5, 5.41) is 29.3. The summed E-state index contributed by atoms with van der Waals surface area (Å²) in [6, 6.07) is 2.34. The lowest BCUT2D eigenvalue weighted by atomic mass is 9.83. The number of benzene rings is 1. The van der Waals surface area contributed by atoms with E-state index in [0.717, 1.165) is 41.6 Å². The molecule has 0 unspecified atom stereocenters. The number of aliphatic hydroxyl groups is 1. The van der Waals surface area contributed by atoms with Crippen LogP contribution >= 0.6 is 34.5 Å². The number of rotatable bonds is 7. The third kappa shape index (κ3) is 4.73. The van der Waals surface area contributed by atoms with Gasteiger partial charge in [-0.05, 0) is 50.7 Å². The van der Waals surface area contributed by atoms with Crippen molar-refractivity contribution in [3.05, 3.63) is 61.8 Å². The average Bonchev–Trinajstić information content (AvgIpc) is 3.48. The lowest BCUT2D eigenvalue weighted by Crippen LogP contribution is -2.34. The van der Waals surface area contributed by atoms with Gasteiger partial charge in [-0.1, -0.05) is 28.4 Å². The van der Waals surface area contributed by atoms with E-state index in [1.165, 1.54) is 6.07 Å². The Morgan fingerprint density at radius 1 is 1.26 bits per heavy atom. The molecule has 0 radical (unpaired) electrons. The number of nitrogens with zero attached hydrogens (tertiary/aromatic N) is 2. The summed E-state index contributed by atoms with van der Waals surface area (Å²) >= 11 is 14.0. The minimum Gasteiger partial charge on any atom is -0.478 e. The number of allylic oxidation sites excluding steroid dienone is 2. The van der Waals surface area contributed by atoms with Crippen LogP contribution in [-0.2, 0) is 16.9 Å². The van der Waals surface area contributed by atoms with Crippen LogP contribution in [-0.4, -0.2) is 39.0 Å². The van der Waals surface area contributed by atoms with Crippen LogP contribution in [0.3, 0.4) is 0 Å². The Kier molecular flexibility index (Phi) is 6.72. The topological polar surface area (TPSA) is 118 Å². The minimum atomic E-state index is -1.23. The number of hydrogen-bond acceptors (Lipinski definition) is 8. The molecular weight excluding hydrogens is 556 g/mol. The summed E-state index contributed by atoms with van der Waals surface area (Å²) < 4.78 is 26.9. The van der Waals surface area contributed by atoms with Crippen molar-refractivity contribution in [2.75, 3.05) is 6.54 Å². The van der Waals surface area contributed by atoms with Gasteiger partial charge in [0.05, 0.1) is 34.6 Å². The maximum Gasteiger partial charge on any atom is 0.335 e. The molecule has 6 rings (SSSR count). The quantitative estimate of drug-likeness (QED) is 0.313. The molecule has 0 saturated heterocycles. The van der Waals surface area contributed by atoms with E-state index in [-0.39, 0.29) is 23.8 Å². The number of dihydropyridines is 1. The highest BCUT2D eigenvalue weighted by atomic mass is 35.5. The Hall–Kier alpha value is -2.50. The monoisotopic (exact) mass is 579 g/mol. The van der Waals surface area contributed by atoms with Crippen LogP contribution in [0.15, 0.2) is 32.9 Å². The molecule has 0 atom stereocenters. The number of thiazole rings is 1. The van der Waals surface area contributed by atoms with Crippen molar-refractivity contribution in [3.8, 4) is 0 Å². The minimum absolute atomic E-state index is 0.0768. The van der Waals surface area contributed by atoms with Crippen LogP contribution in [0.1, 0.15) is 76.8 Å². The van der Waals surface area contributed by atoms with Gasteiger partial charge in [-0.25, -0.2) is 14.2 Å². The number of carboxylic acids is 1. The molecule has 0 amide bonds. The number of aromatic carboxylic acids is 1. The van der Waals surface area contributed by atoms with E-state index >= 15 is 0 Å². The molecule has 0 spiro atoms. The first-order chi connectivity index (χ1) is 18.2. The van der Waals surface area contributed by atoms with Gasteiger partial charge in [0.1, 0.15) is 27.6 Å². The highest BCUT2D eigenvalue weighted by Gasteiger charge is 2.39. The summed E-state index contributed by atoms with van der Waals surface area (Å²) in [6.45, 7) is 0.733. The second-order valence-electron chi connectivity index (χ2n) is 9.97. The van der Waals surface area contributed by atoms with Gasteiger partial charge in [0, 0.05) is 28.3 Å². The number of hydrogen-bond donors (Lipinski definition) is 3. The molecule has 1 aliphatic heterocycles. The predicted molar refractivity (Wildman–Crippen MR) is 141 cm³/mol. The van der Waals surface area contributed by atoms with E-state index in [1.807, 2.05) is 0 Å². The lowest BCUT2D eigenvalue weighted by molar-refractivity contribution is -0.0641. The number of nitrogens with one attached hydrogen (secondary N) is 1. The Labute approximate surface area is 231 Å². The number of carbonyl (C=O) groups is 1. The first-order valence-corrected chi connectivity index (χ1v) is 14.0. The van der Waals surface area contributed by atoms with Gasteiger partial charge in [-0.2, -0.15) is 0 Å². The highest BCUT2D eigenvalue weighted by Crippen LogP contribution is 2.46. The number of ether oxygens (including phenoxy) is 1. The Morgan fingerprint density at radius 2 is 2.03 bits per heavy atom. The van der Waals surface area contributed by atoms with Crippen molar-refractivity contribution >= 4 is 56.3 Å². The van der Waals surface area contributed by atoms with E-state index in [1.54, 1.807) is 6.20 Å². The van der Waals surface area contributed by atoms with Crippen molar-refractivity contribution in [2.24, 2.45) is 0 Å². The van der Waals surface area contributed by atoms with Gasteiger partial charge >= 0.3 is 5.97 Å². The fourth-order valence-electron chi connectivity index (χ4n) is 5.05. The molecule has 0 bridgehead atoms. The number of aromatic nitrogens is 2. The highest BCUT2D eigenvalue weighted by molar-refractivity contribution is 7.18. The third-order valence-electron chi connectivity index (χ3n) is 7.32. The maximum atomic E-state index is 14.5. The van der Waals surface area contributed by atoms with Crippen LogP contribution in [0.25, 0.3) is 15.8 Å². The summed E-state index contributed by atoms with van der Waals surface area (Å²) in [5.41, 5.74) is 0.801. The molecule has 2 saturated carbocycles. The summed E-state index contributed by atoms with van der Waals surface area (Å²) in [6.07, 6.45) is 5.56. The molecular formula is C26H24Cl2FN3O5S. The zero-order valence-electron chi connectivity index (χ0n) is 20.1. The SMILES string of the molecule is O=C(O)c1cc(F)c2nc(C3(O)CCC(OCc4c(C5=C(Cl)CNC=C5Cl)noc4C4CC4)CC3)sc2c1. The summed E-state index contributed by atoms with van der Waals surface area (Å²) in [5.74, 6) is -0.798. The fourth-order valence-corrected chi connectivity index (χ4v) is 6.81. The Balaban J connectivity index is 1.17. The standard InChI is InChI=1S/C26H24Cl2FN3O5S/c27-16-9-30-10-17(28)20(16)21-15(23(37-32-21)12-1-2-12)11-36-14-3-5-26(35,6-4-14)25-31-22-18(29)7-13(24(33)34)8-19(22)38-25/h7-9,12,14,30,35H,1-6,10-11H2,(H,33,34). The van der Waals surface area contributed by atoms with Crippen LogP contribution < -0.4 is 5.32 Å². The summed E-state index contributed by atoms with van der Waals surface area (Å²) in [7, 11) is 0. The van der Waals surface area contributed by atoms with Gasteiger partial charge in [0.25, 0.3) is 0 Å². The fraction of sp³-hybridized carbons (Fsp3) is 0.423. The van der Waals surface area contributed by atoms with Crippen LogP contribution in [0.5, 0.6) is 0 Å². The average molecular weight is 580 g/mol. The zero-order valence-corrected chi connectivity index (χ0v) is 22.4. The second kappa shape index (κ2) is 9.91. The van der Waals surface area contributed by atoms with Gasteiger partial charge in [-0.3, -0.25) is 0 Å². The lowest BCUT2D eigenvalue weighted by Gasteiger charge is -2.34. The molecule has 2 aromatic heterocycles. The number of halogens is 3. The third-order valence-corrected chi connectivity index (χ3v) is 9.13. The molecule has 2 fully saturated rings. The smallest absolute Gasteiger partial charge is 0.335 e. The Bertz CT molecular complexity index is 1490. The maximum absolute atomic E-state index is 14.5. The van der Waals surface area contributed by atoms with Gasteiger partial charge in [0.2, 0.25) is 0 Å². The molecule has 38 heavy (non-hydrogen) atoms. The van der Waals surface area contributed by atoms with E-state index in [2.05, 4.69) is 15.5 Å². The van der Waals surface area contributed by atoms with Gasteiger partial charge in [0.15, 0.2) is 5.82 Å². The molecule has 2 aliphatic carbocycles. The molecule has 3 aliphatic rings. The normalized spacial score (nSPS) is 24.0. The number of fused-ring (bicyclic) bond motifs is 1. The van der Waals surface area contributed by atoms with Crippen molar-refractivity contribution in [3.63, 3.8) is 0 Å². The molecule has 12 heteroatoms. The first kappa shape index (κ1) is 25.8. The van der Waals surface area contributed by atoms with E-state index in [9.17, 15) is 19.4 Å². The zero-order chi connectivity index (χ0) is 26.6. The van der Waals surface area contributed by atoms with Crippen LogP contribution in [0.2, 0.25) is 0 Å². The second-order valence-corrected chi connectivity index (χ2v) is 11.9. The largest absolute Gasteiger partial charge is 0.478 e. The first-order valence-electron chi connectivity index (χ1n) is 12.4. The van der Waals surface area contributed by atoms with E-state index < -0.39 is 17.4 Å². The van der Waals surface area contributed by atoms with Gasteiger partial charge < -0.3 is 24.8 Å². The molecule has 3 heterocycles. The van der Waals surface area contributed by atoms with Crippen LogP contribution in [0, 0.1) is 5.82 Å². The van der Waals surface area contributed by atoms with Crippen molar-refractivity contribution < 1.29 is 28.7 Å². The van der Waals surface area contributed by atoms with Crippen LogP contribution in [0.4, 0.5) is 4.39 Å². The summed E-state index contributed by atoms with van der Waals surface area (Å²) in [4.78, 5) is 15.6. The Morgan fingerprint density at radius 3 is 2.71 bits per heavy atom. The molecule has 200 valence electrons. The van der Waals surface area contributed by atoms with Crippen molar-refractivity contribution in [1.82, 2.24) is 15.5 Å². The van der Waals surface area contributed by atoms with E-state index in [4.69, 9.17) is 32.5 Å². The molecule has 3 aromatic rings. The van der Waals surface area contributed by atoms with Gasteiger partial charge in [-0.15, -0.1) is 11.3 Å². The molecule has 3 N–H and O–H groups in total. The number of carboxylic acid groups (broad SMARTS) is 1. The van der Waals surface area contributed by atoms with E-state index in [0.29, 0.717) is 69.2 Å². The van der Waals surface area contributed by atoms with Crippen molar-refractivity contribution in [1.29, 1.82) is 0 Å². The van der Waals surface area contributed by atoms with Crippen molar-refractivity contribution in [2.45, 2.75) is 62.8 Å².